The van der Waals surface area contributed by atoms with E-state index in [0.29, 0.717) is 11.3 Å². The average Bonchev–Trinajstić information content (AvgIpc) is 2.70. The molecule has 0 fully saturated rings. The molecule has 18 heavy (non-hydrogen) atoms. The van der Waals surface area contributed by atoms with E-state index >= 15 is 0 Å². The van der Waals surface area contributed by atoms with Crippen LogP contribution >= 0.6 is 23.4 Å². The quantitative estimate of drug-likeness (QED) is 0.855. The molecule has 2 nitrogen and oxygen atoms in total. The van der Waals surface area contributed by atoms with Crippen LogP contribution in [0.15, 0.2) is 28.7 Å². The minimum Gasteiger partial charge on any atom is -0.444 e. The highest BCUT2D eigenvalue weighted by atomic mass is 35.5. The van der Waals surface area contributed by atoms with E-state index in [1.807, 2.05) is 30.0 Å². The zero-order chi connectivity index (χ0) is 13.0. The fourth-order valence-electron chi connectivity index (χ4n) is 2.00. The number of fused-ring (bicyclic) bond motifs is 1. The molecular formula is C14H18ClNOS. The van der Waals surface area contributed by atoms with Gasteiger partial charge in [0.25, 0.3) is 0 Å². The van der Waals surface area contributed by atoms with Crippen LogP contribution < -0.4 is 5.32 Å². The first-order valence-corrected chi connectivity index (χ1v) is 7.91. The van der Waals surface area contributed by atoms with Crippen molar-refractivity contribution in [3.05, 3.63) is 35.0 Å². The van der Waals surface area contributed by atoms with Crippen LogP contribution in [-0.4, -0.2) is 18.1 Å². The highest BCUT2D eigenvalue weighted by Crippen LogP contribution is 2.29. The Morgan fingerprint density at radius 3 is 2.89 bits per heavy atom. The van der Waals surface area contributed by atoms with Gasteiger partial charge in [0.1, 0.15) is 5.58 Å². The molecule has 98 valence electrons. The van der Waals surface area contributed by atoms with E-state index in [9.17, 15) is 0 Å². The van der Waals surface area contributed by atoms with Gasteiger partial charge < -0.3 is 9.73 Å². The fraction of sp³-hybridized carbons (Fsp3) is 0.429. The number of nitrogens with one attached hydrogen (secondary N) is 1. The smallest absolute Gasteiger partial charge is 0.199 e. The molecule has 1 heterocycles. The van der Waals surface area contributed by atoms with Crippen molar-refractivity contribution in [3.63, 3.8) is 0 Å². The molecule has 0 bridgehead atoms. The Morgan fingerprint density at radius 2 is 2.17 bits per heavy atom. The lowest BCUT2D eigenvalue weighted by molar-refractivity contribution is 0.536. The minimum atomic E-state index is 0.503. The van der Waals surface area contributed by atoms with Crippen LogP contribution in [0.5, 0.6) is 0 Å². The highest BCUT2D eigenvalue weighted by Gasteiger charge is 2.13. The third-order valence-electron chi connectivity index (χ3n) is 3.08. The van der Waals surface area contributed by atoms with Gasteiger partial charge in [-0.1, -0.05) is 25.1 Å². The second-order valence-corrected chi connectivity index (χ2v) is 5.55. The maximum absolute atomic E-state index is 6.16. The molecule has 0 amide bonds. The first kappa shape index (κ1) is 13.8. The maximum Gasteiger partial charge on any atom is 0.199 e. The SMILES string of the molecule is CCC(CSC)NCc1c(Cl)oc2ccccc12. The molecule has 2 rings (SSSR count). The lowest BCUT2D eigenvalue weighted by atomic mass is 10.1. The van der Waals surface area contributed by atoms with Crippen LogP contribution in [0.3, 0.4) is 0 Å². The number of furan rings is 1. The zero-order valence-electron chi connectivity index (χ0n) is 10.7. The Balaban J connectivity index is 2.13. The number of halogens is 1. The molecule has 1 unspecified atom stereocenters. The lowest BCUT2D eigenvalue weighted by Gasteiger charge is -2.15. The first-order chi connectivity index (χ1) is 8.76. The van der Waals surface area contributed by atoms with Crippen molar-refractivity contribution < 1.29 is 4.42 Å². The Bertz CT molecular complexity index is 511. The van der Waals surface area contributed by atoms with Crippen molar-refractivity contribution >= 4 is 34.3 Å². The summed E-state index contributed by atoms with van der Waals surface area (Å²) in [6.45, 7) is 2.96. The Labute approximate surface area is 117 Å². The summed E-state index contributed by atoms with van der Waals surface area (Å²) in [6, 6.07) is 8.49. The number of para-hydroxylation sites is 1. The van der Waals surface area contributed by atoms with Crippen LogP contribution in [0.2, 0.25) is 5.22 Å². The Hall–Kier alpha value is -0.640. The monoisotopic (exact) mass is 283 g/mol. The molecule has 0 spiro atoms. The number of hydrogen-bond acceptors (Lipinski definition) is 3. The second-order valence-electron chi connectivity index (χ2n) is 4.29. The van der Waals surface area contributed by atoms with E-state index in [4.69, 9.17) is 16.0 Å². The molecular weight excluding hydrogens is 266 g/mol. The summed E-state index contributed by atoms with van der Waals surface area (Å²) < 4.78 is 5.55. The first-order valence-electron chi connectivity index (χ1n) is 6.14. The van der Waals surface area contributed by atoms with Crippen LogP contribution in [0.4, 0.5) is 0 Å². The van der Waals surface area contributed by atoms with Gasteiger partial charge in [0, 0.05) is 29.3 Å². The molecule has 0 saturated carbocycles. The van der Waals surface area contributed by atoms with Crippen LogP contribution in [0.1, 0.15) is 18.9 Å². The Morgan fingerprint density at radius 1 is 1.39 bits per heavy atom. The number of hydrogen-bond donors (Lipinski definition) is 1. The molecule has 2 aromatic rings. The van der Waals surface area contributed by atoms with Crippen molar-refractivity contribution in [2.45, 2.75) is 25.9 Å². The Kier molecular flexibility index (Phi) is 4.98. The van der Waals surface area contributed by atoms with E-state index in [1.165, 1.54) is 0 Å². The number of thioether (sulfide) groups is 1. The van der Waals surface area contributed by atoms with Crippen molar-refractivity contribution in [1.29, 1.82) is 0 Å². The molecule has 0 aliphatic rings. The largest absolute Gasteiger partial charge is 0.444 e. The number of benzene rings is 1. The summed E-state index contributed by atoms with van der Waals surface area (Å²) in [7, 11) is 0. The van der Waals surface area contributed by atoms with Gasteiger partial charge in [0.2, 0.25) is 0 Å². The molecule has 1 aromatic carbocycles. The van der Waals surface area contributed by atoms with Gasteiger partial charge in [0.15, 0.2) is 5.22 Å². The van der Waals surface area contributed by atoms with Crippen molar-refractivity contribution in [1.82, 2.24) is 5.32 Å². The van der Waals surface area contributed by atoms with E-state index in [1.54, 1.807) is 0 Å². The molecule has 1 aromatic heterocycles. The molecule has 4 heteroatoms. The zero-order valence-corrected chi connectivity index (χ0v) is 12.3. The minimum absolute atomic E-state index is 0.503. The highest BCUT2D eigenvalue weighted by molar-refractivity contribution is 7.98. The van der Waals surface area contributed by atoms with Crippen LogP contribution in [0, 0.1) is 0 Å². The van der Waals surface area contributed by atoms with E-state index in [2.05, 4.69) is 24.6 Å². The predicted octanol–water partition coefficient (Wildman–Crippen LogP) is 4.32. The summed E-state index contributed by atoms with van der Waals surface area (Å²) in [5.74, 6) is 1.11. The van der Waals surface area contributed by atoms with E-state index < -0.39 is 0 Å². The van der Waals surface area contributed by atoms with Gasteiger partial charge >= 0.3 is 0 Å². The van der Waals surface area contributed by atoms with Crippen molar-refractivity contribution in [2.75, 3.05) is 12.0 Å². The topological polar surface area (TPSA) is 25.2 Å². The van der Waals surface area contributed by atoms with E-state index in [-0.39, 0.29) is 0 Å². The molecule has 0 aliphatic heterocycles. The normalized spacial score (nSPS) is 13.1. The summed E-state index contributed by atoms with van der Waals surface area (Å²) >= 11 is 8.02. The number of rotatable bonds is 6. The molecule has 1 atom stereocenters. The van der Waals surface area contributed by atoms with Gasteiger partial charge in [0.05, 0.1) is 0 Å². The van der Waals surface area contributed by atoms with Gasteiger partial charge in [-0.3, -0.25) is 0 Å². The fourth-order valence-corrected chi connectivity index (χ4v) is 3.01. The summed E-state index contributed by atoms with van der Waals surface area (Å²) in [5.41, 5.74) is 1.92. The molecule has 0 aliphatic carbocycles. The summed E-state index contributed by atoms with van der Waals surface area (Å²) in [6.07, 6.45) is 3.25. The maximum atomic E-state index is 6.16. The third-order valence-corrected chi connectivity index (χ3v) is 4.12. The molecule has 0 radical (unpaired) electrons. The summed E-state index contributed by atoms with van der Waals surface area (Å²) in [5, 5.41) is 5.15. The van der Waals surface area contributed by atoms with E-state index in [0.717, 1.165) is 35.3 Å². The van der Waals surface area contributed by atoms with Crippen LogP contribution in [0.25, 0.3) is 11.0 Å². The van der Waals surface area contributed by atoms with Gasteiger partial charge in [-0.25, -0.2) is 0 Å². The average molecular weight is 284 g/mol. The third kappa shape index (κ3) is 3.02. The van der Waals surface area contributed by atoms with Gasteiger partial charge in [-0.05, 0) is 30.3 Å². The van der Waals surface area contributed by atoms with Gasteiger partial charge in [-0.2, -0.15) is 11.8 Å². The van der Waals surface area contributed by atoms with Crippen molar-refractivity contribution in [2.24, 2.45) is 0 Å². The molecule has 0 saturated heterocycles. The van der Waals surface area contributed by atoms with Gasteiger partial charge in [-0.15, -0.1) is 0 Å². The lowest BCUT2D eigenvalue weighted by Crippen LogP contribution is -2.30. The summed E-state index contributed by atoms with van der Waals surface area (Å²) in [4.78, 5) is 0. The second kappa shape index (κ2) is 6.50. The van der Waals surface area contributed by atoms with Crippen LogP contribution in [-0.2, 0) is 6.54 Å². The standard InChI is InChI=1S/C14H18ClNOS/c1-3-10(9-18-2)16-8-12-11-6-4-5-7-13(11)17-14(12)15/h4-7,10,16H,3,8-9H2,1-2H3. The van der Waals surface area contributed by atoms with Crippen molar-refractivity contribution in [3.8, 4) is 0 Å². The predicted molar refractivity (Wildman–Crippen MR) is 80.5 cm³/mol. The molecule has 1 N–H and O–H groups in total.